The lowest BCUT2D eigenvalue weighted by Crippen LogP contribution is -2.04. The lowest BCUT2D eigenvalue weighted by Gasteiger charge is -2.13. The maximum Gasteiger partial charge on any atom is 0.194 e. The van der Waals surface area contributed by atoms with E-state index in [9.17, 15) is 4.21 Å². The van der Waals surface area contributed by atoms with Crippen LogP contribution in [0.4, 0.5) is 5.13 Å². The van der Waals surface area contributed by atoms with Gasteiger partial charge in [0, 0.05) is 46.7 Å². The van der Waals surface area contributed by atoms with E-state index < -0.39 is 11.0 Å². The van der Waals surface area contributed by atoms with E-state index in [1.54, 1.807) is 25.7 Å². The molecule has 5 aromatic rings. The first kappa shape index (κ1) is 20.3. The van der Waals surface area contributed by atoms with Crippen LogP contribution >= 0.6 is 11.3 Å². The Morgan fingerprint density at radius 2 is 1.91 bits per heavy atom. The van der Waals surface area contributed by atoms with Crippen molar-refractivity contribution >= 4 is 38.2 Å². The molecule has 32 heavy (non-hydrogen) atoms. The van der Waals surface area contributed by atoms with Crippen LogP contribution in [0.25, 0.3) is 33.2 Å². The lowest BCUT2D eigenvalue weighted by molar-refractivity contribution is 0.416. The molecule has 0 saturated heterocycles. The van der Waals surface area contributed by atoms with Gasteiger partial charge in [-0.15, -0.1) is 11.3 Å². The zero-order valence-corrected chi connectivity index (χ0v) is 18.7. The van der Waals surface area contributed by atoms with Gasteiger partial charge in [0.25, 0.3) is 0 Å². The molecule has 0 fully saturated rings. The molecule has 6 nitrogen and oxygen atoms in total. The highest BCUT2D eigenvalue weighted by Crippen LogP contribution is 2.36. The minimum absolute atomic E-state index is 0.622. The van der Waals surface area contributed by atoms with Crippen molar-refractivity contribution < 1.29 is 8.95 Å². The third-order valence-electron chi connectivity index (χ3n) is 5.01. The van der Waals surface area contributed by atoms with E-state index in [1.807, 2.05) is 66.2 Å². The number of pyridine rings is 2. The van der Waals surface area contributed by atoms with Gasteiger partial charge in [0.1, 0.15) is 5.75 Å². The summed E-state index contributed by atoms with van der Waals surface area (Å²) in [6, 6.07) is 17.6. The highest BCUT2D eigenvalue weighted by Gasteiger charge is 2.14. The average Bonchev–Trinajstić information content (AvgIpc) is 3.36. The van der Waals surface area contributed by atoms with Gasteiger partial charge < -0.3 is 4.74 Å². The van der Waals surface area contributed by atoms with Crippen LogP contribution in [0.15, 0.2) is 89.7 Å². The van der Waals surface area contributed by atoms with Gasteiger partial charge in [-0.25, -0.2) is 9.19 Å². The van der Waals surface area contributed by atoms with E-state index in [4.69, 9.17) is 4.74 Å². The Labute approximate surface area is 191 Å². The molecule has 3 aromatic heterocycles. The molecule has 0 aliphatic heterocycles. The van der Waals surface area contributed by atoms with Crippen molar-refractivity contribution in [1.29, 1.82) is 0 Å². The SMILES string of the molecule is COc1cc(-c2cccnc2)ccc1-c1nccc2cc(S(=O)Nc3nccs3)ccc12. The van der Waals surface area contributed by atoms with Crippen LogP contribution in [-0.4, -0.2) is 26.3 Å². The van der Waals surface area contributed by atoms with Gasteiger partial charge in [-0.2, -0.15) is 0 Å². The van der Waals surface area contributed by atoms with Crippen molar-refractivity contribution in [1.82, 2.24) is 15.0 Å². The molecule has 1 atom stereocenters. The lowest BCUT2D eigenvalue weighted by atomic mass is 9.99. The highest BCUT2D eigenvalue weighted by molar-refractivity contribution is 7.86. The molecule has 0 bridgehead atoms. The summed E-state index contributed by atoms with van der Waals surface area (Å²) in [6.45, 7) is 0. The number of nitrogens with one attached hydrogen (secondary N) is 1. The van der Waals surface area contributed by atoms with E-state index in [1.165, 1.54) is 11.3 Å². The second-order valence-corrected chi connectivity index (χ2v) is 9.01. The minimum Gasteiger partial charge on any atom is -0.496 e. The molecule has 158 valence electrons. The van der Waals surface area contributed by atoms with Gasteiger partial charge >= 0.3 is 0 Å². The molecule has 5 rings (SSSR count). The van der Waals surface area contributed by atoms with Crippen LogP contribution in [0.1, 0.15) is 0 Å². The summed E-state index contributed by atoms with van der Waals surface area (Å²) < 4.78 is 21.3. The molecule has 0 aliphatic carbocycles. The molecule has 0 spiro atoms. The maximum absolute atomic E-state index is 12.7. The normalized spacial score (nSPS) is 11.9. The number of thiazole rings is 1. The van der Waals surface area contributed by atoms with Crippen LogP contribution in [0.2, 0.25) is 0 Å². The molecule has 0 amide bonds. The molecule has 1 unspecified atom stereocenters. The number of aromatic nitrogens is 3. The largest absolute Gasteiger partial charge is 0.496 e. The average molecular weight is 459 g/mol. The fourth-order valence-electron chi connectivity index (χ4n) is 3.50. The van der Waals surface area contributed by atoms with Gasteiger partial charge in [0.05, 0.1) is 17.7 Å². The second-order valence-electron chi connectivity index (χ2n) is 6.91. The number of benzene rings is 2. The predicted molar refractivity (Wildman–Crippen MR) is 129 cm³/mol. The number of fused-ring (bicyclic) bond motifs is 1. The summed E-state index contributed by atoms with van der Waals surface area (Å²) in [5, 5.41) is 4.36. The molecule has 2 aromatic carbocycles. The molecule has 0 radical (unpaired) electrons. The first-order chi connectivity index (χ1) is 15.7. The first-order valence-electron chi connectivity index (χ1n) is 9.78. The summed E-state index contributed by atoms with van der Waals surface area (Å²) >= 11 is 1.41. The molecule has 8 heteroatoms. The quantitative estimate of drug-likeness (QED) is 0.360. The zero-order chi connectivity index (χ0) is 21.9. The summed E-state index contributed by atoms with van der Waals surface area (Å²) in [6.07, 6.45) is 7.01. The standard InChI is InChI=1S/C24H18N4O2S2/c1-30-22-14-16(18-3-2-9-25-15-18)4-6-21(22)23-20-7-5-19(13-17(20)8-10-26-23)32(29)28-24-27-11-12-31-24/h2-15H,1H3,(H,27,28). The molecular weight excluding hydrogens is 440 g/mol. The number of nitrogens with zero attached hydrogens (tertiary/aromatic N) is 3. The Balaban J connectivity index is 1.53. The van der Waals surface area contributed by atoms with Crippen molar-refractivity contribution in [3.05, 3.63) is 84.8 Å². The van der Waals surface area contributed by atoms with E-state index >= 15 is 0 Å². The van der Waals surface area contributed by atoms with Crippen molar-refractivity contribution in [2.45, 2.75) is 4.90 Å². The molecular formula is C24H18N4O2S2. The fourth-order valence-corrected chi connectivity index (χ4v) is 5.04. The zero-order valence-electron chi connectivity index (χ0n) is 17.1. The third kappa shape index (κ3) is 3.98. The second kappa shape index (κ2) is 8.86. The minimum atomic E-state index is -1.40. The number of anilines is 1. The summed E-state index contributed by atoms with van der Waals surface area (Å²) in [5.41, 5.74) is 3.73. The number of hydrogen-bond donors (Lipinski definition) is 1. The van der Waals surface area contributed by atoms with Gasteiger partial charge in [-0.1, -0.05) is 18.2 Å². The van der Waals surface area contributed by atoms with Crippen LogP contribution in [0.5, 0.6) is 5.75 Å². The van der Waals surface area contributed by atoms with Crippen molar-refractivity contribution in [3.63, 3.8) is 0 Å². The van der Waals surface area contributed by atoms with Crippen LogP contribution in [0, 0.1) is 0 Å². The molecule has 1 N–H and O–H groups in total. The van der Waals surface area contributed by atoms with Crippen molar-refractivity contribution in [2.75, 3.05) is 11.8 Å². The Bertz CT molecular complexity index is 1410. The Morgan fingerprint density at radius 1 is 0.969 bits per heavy atom. The summed E-state index contributed by atoms with van der Waals surface area (Å²) in [5.74, 6) is 0.726. The molecule has 0 aliphatic rings. The van der Waals surface area contributed by atoms with Gasteiger partial charge in [-0.05, 0) is 47.3 Å². The number of methoxy groups -OCH3 is 1. The highest BCUT2D eigenvalue weighted by atomic mass is 32.2. The Morgan fingerprint density at radius 3 is 2.69 bits per heavy atom. The number of rotatable bonds is 6. The Kier molecular flexibility index (Phi) is 5.62. The van der Waals surface area contributed by atoms with Gasteiger partial charge in [-0.3, -0.25) is 14.7 Å². The van der Waals surface area contributed by atoms with Crippen LogP contribution in [-0.2, 0) is 11.0 Å². The smallest absolute Gasteiger partial charge is 0.194 e. The van der Waals surface area contributed by atoms with Crippen LogP contribution < -0.4 is 9.46 Å². The summed E-state index contributed by atoms with van der Waals surface area (Å²) in [7, 11) is 0.252. The number of ether oxygens (including phenoxy) is 1. The van der Waals surface area contributed by atoms with E-state index in [-0.39, 0.29) is 0 Å². The van der Waals surface area contributed by atoms with E-state index in [2.05, 4.69) is 19.7 Å². The Hall–Kier alpha value is -3.62. The predicted octanol–water partition coefficient (Wildman–Crippen LogP) is 5.56. The molecule has 3 heterocycles. The van der Waals surface area contributed by atoms with Crippen molar-refractivity contribution in [3.8, 4) is 28.1 Å². The topological polar surface area (TPSA) is 77.0 Å². The number of hydrogen-bond acceptors (Lipinski definition) is 6. The van der Waals surface area contributed by atoms with E-state index in [0.717, 1.165) is 38.9 Å². The third-order valence-corrected chi connectivity index (χ3v) is 6.89. The fraction of sp³-hybridized carbons (Fsp3) is 0.0417. The van der Waals surface area contributed by atoms with Gasteiger partial charge in [0.2, 0.25) is 0 Å². The first-order valence-corrected chi connectivity index (χ1v) is 11.8. The van der Waals surface area contributed by atoms with Gasteiger partial charge in [0.15, 0.2) is 16.1 Å². The summed E-state index contributed by atoms with van der Waals surface area (Å²) in [4.78, 5) is 13.6. The monoisotopic (exact) mass is 458 g/mol. The van der Waals surface area contributed by atoms with Crippen LogP contribution in [0.3, 0.4) is 0 Å². The molecule has 0 saturated carbocycles. The maximum atomic E-state index is 12.7. The van der Waals surface area contributed by atoms with Crippen molar-refractivity contribution in [2.24, 2.45) is 0 Å². The van der Waals surface area contributed by atoms with E-state index in [0.29, 0.717) is 10.0 Å².